The fraction of sp³-hybridized carbons (Fsp3) is 0.211. The number of rotatable bonds is 4. The maximum Gasteiger partial charge on any atom is 0.329 e. The number of aromatic amines is 1. The van der Waals surface area contributed by atoms with Crippen molar-refractivity contribution in [2.45, 2.75) is 30.7 Å². The van der Waals surface area contributed by atoms with E-state index in [1.54, 1.807) is 17.8 Å². The van der Waals surface area contributed by atoms with Gasteiger partial charge in [0.2, 0.25) is 0 Å². The maximum absolute atomic E-state index is 12.6. The van der Waals surface area contributed by atoms with Gasteiger partial charge < -0.3 is 4.57 Å². The molecule has 0 spiro atoms. The first-order chi connectivity index (χ1) is 13.4. The lowest BCUT2D eigenvalue weighted by Gasteiger charge is -2.09. The van der Waals surface area contributed by atoms with E-state index in [9.17, 15) is 9.59 Å². The van der Waals surface area contributed by atoms with E-state index in [0.717, 1.165) is 16.8 Å². The molecule has 0 aliphatic carbocycles. The Hall–Kier alpha value is -3.20. The predicted molar refractivity (Wildman–Crippen MR) is 107 cm³/mol. The van der Waals surface area contributed by atoms with Gasteiger partial charge in [0.15, 0.2) is 21.5 Å². The molecule has 3 aromatic heterocycles. The van der Waals surface area contributed by atoms with Crippen molar-refractivity contribution in [1.29, 1.82) is 0 Å². The molecule has 8 nitrogen and oxygen atoms in total. The lowest BCUT2D eigenvalue weighted by Crippen LogP contribution is -2.29. The molecular formula is C19H18N6O2S. The molecule has 1 aromatic carbocycles. The van der Waals surface area contributed by atoms with Crippen molar-refractivity contribution >= 4 is 22.9 Å². The van der Waals surface area contributed by atoms with Crippen LogP contribution < -0.4 is 11.2 Å². The molecule has 1 N–H and O–H groups in total. The second-order valence-electron chi connectivity index (χ2n) is 6.54. The average Bonchev–Trinajstić information content (AvgIpc) is 2.98. The van der Waals surface area contributed by atoms with Crippen LogP contribution in [0, 0.1) is 13.8 Å². The second kappa shape index (κ2) is 7.08. The summed E-state index contributed by atoms with van der Waals surface area (Å²) in [4.78, 5) is 40.2. The third-order valence-corrected chi connectivity index (χ3v) is 5.22. The first-order valence-corrected chi connectivity index (χ1v) is 9.46. The van der Waals surface area contributed by atoms with Gasteiger partial charge in [-0.2, -0.15) is 0 Å². The van der Waals surface area contributed by atoms with Crippen LogP contribution in [0.1, 0.15) is 16.8 Å². The van der Waals surface area contributed by atoms with E-state index in [1.165, 1.54) is 16.3 Å². The van der Waals surface area contributed by atoms with Gasteiger partial charge in [-0.1, -0.05) is 29.8 Å². The van der Waals surface area contributed by atoms with Gasteiger partial charge in [-0.25, -0.2) is 19.7 Å². The predicted octanol–water partition coefficient (Wildman–Crippen LogP) is 2.03. The highest BCUT2D eigenvalue weighted by Gasteiger charge is 2.19. The monoisotopic (exact) mass is 394 g/mol. The van der Waals surface area contributed by atoms with Crippen molar-refractivity contribution in [2.24, 2.45) is 7.05 Å². The van der Waals surface area contributed by atoms with Crippen LogP contribution in [0.4, 0.5) is 0 Å². The van der Waals surface area contributed by atoms with E-state index >= 15 is 0 Å². The Morgan fingerprint density at radius 3 is 2.71 bits per heavy atom. The molecule has 0 saturated carbocycles. The van der Waals surface area contributed by atoms with Gasteiger partial charge in [-0.15, -0.1) is 0 Å². The zero-order valence-electron chi connectivity index (χ0n) is 15.6. The van der Waals surface area contributed by atoms with Crippen molar-refractivity contribution < 1.29 is 0 Å². The van der Waals surface area contributed by atoms with Crippen LogP contribution in [-0.2, 0) is 13.6 Å². The normalized spacial score (nSPS) is 11.2. The highest BCUT2D eigenvalue weighted by molar-refractivity contribution is 7.99. The molecule has 0 radical (unpaired) electrons. The van der Waals surface area contributed by atoms with Crippen molar-refractivity contribution in [1.82, 2.24) is 29.1 Å². The summed E-state index contributed by atoms with van der Waals surface area (Å²) in [5.74, 6) is 0. The summed E-state index contributed by atoms with van der Waals surface area (Å²) in [6.45, 7) is 4.34. The highest BCUT2D eigenvalue weighted by Crippen LogP contribution is 2.27. The number of hydrogen-bond acceptors (Lipinski definition) is 6. The first kappa shape index (κ1) is 18.2. The third-order valence-electron chi connectivity index (χ3n) is 4.35. The van der Waals surface area contributed by atoms with E-state index in [4.69, 9.17) is 0 Å². The molecule has 0 atom stereocenters. The number of nitrogens with zero attached hydrogens (tertiary/aromatic N) is 5. The van der Waals surface area contributed by atoms with Crippen LogP contribution in [-0.4, -0.2) is 29.1 Å². The smallest absolute Gasteiger partial charge is 0.308 e. The summed E-state index contributed by atoms with van der Waals surface area (Å²) in [7, 11) is 1.59. The molecule has 4 rings (SSSR count). The number of aromatic nitrogens is 6. The van der Waals surface area contributed by atoms with Crippen LogP contribution in [0.25, 0.3) is 11.2 Å². The van der Waals surface area contributed by atoms with Crippen LogP contribution in [0.2, 0.25) is 0 Å². The van der Waals surface area contributed by atoms with Gasteiger partial charge >= 0.3 is 5.69 Å². The molecule has 0 aliphatic rings. The average molecular weight is 394 g/mol. The van der Waals surface area contributed by atoms with Crippen LogP contribution in [0.3, 0.4) is 0 Å². The van der Waals surface area contributed by atoms with Gasteiger partial charge in [0.05, 0.1) is 6.54 Å². The quantitative estimate of drug-likeness (QED) is 0.532. The van der Waals surface area contributed by atoms with E-state index in [2.05, 4.69) is 26.0 Å². The van der Waals surface area contributed by atoms with Gasteiger partial charge in [0.25, 0.3) is 5.56 Å². The van der Waals surface area contributed by atoms with Crippen LogP contribution in [0.5, 0.6) is 0 Å². The summed E-state index contributed by atoms with van der Waals surface area (Å²) >= 11 is 1.26. The van der Waals surface area contributed by atoms with Crippen molar-refractivity contribution in [2.75, 3.05) is 0 Å². The number of imidazole rings is 1. The Kier molecular flexibility index (Phi) is 4.60. The summed E-state index contributed by atoms with van der Waals surface area (Å²) in [6.07, 6.45) is 1.68. The van der Waals surface area contributed by atoms with Gasteiger partial charge in [0.1, 0.15) is 0 Å². The minimum absolute atomic E-state index is 0.330. The largest absolute Gasteiger partial charge is 0.329 e. The second-order valence-corrected chi connectivity index (χ2v) is 7.48. The number of benzene rings is 1. The van der Waals surface area contributed by atoms with Crippen molar-refractivity contribution in [3.05, 3.63) is 74.2 Å². The van der Waals surface area contributed by atoms with Gasteiger partial charge in [-0.05, 0) is 37.2 Å². The van der Waals surface area contributed by atoms with Crippen molar-refractivity contribution in [3.63, 3.8) is 0 Å². The Balaban J connectivity index is 1.92. The Bertz CT molecular complexity index is 1300. The molecule has 142 valence electrons. The highest BCUT2D eigenvalue weighted by atomic mass is 32.2. The molecule has 0 aliphatic heterocycles. The number of H-pyrrole nitrogens is 1. The topological polar surface area (TPSA) is 98.5 Å². The number of fused-ring (bicyclic) bond motifs is 1. The molecule has 28 heavy (non-hydrogen) atoms. The zero-order chi connectivity index (χ0) is 19.8. The summed E-state index contributed by atoms with van der Waals surface area (Å²) in [5, 5.41) is 1.08. The lowest BCUT2D eigenvalue weighted by molar-refractivity contribution is 0.725. The van der Waals surface area contributed by atoms with Crippen LogP contribution >= 0.6 is 11.8 Å². The maximum atomic E-state index is 12.6. The SMILES string of the molecule is Cc1cccc(Cn2c(Sc3nccc(C)n3)nc3c2c(=O)[nH]c(=O)n3C)c1. The molecule has 0 fully saturated rings. The molecule has 9 heteroatoms. The number of nitrogens with one attached hydrogen (secondary N) is 1. The standard InChI is InChI=1S/C19H18N6O2S/c1-11-5-4-6-13(9-11)10-25-14-15(24(3)18(27)23-16(14)26)22-19(25)28-17-20-8-7-12(2)21-17/h4-9H,10H2,1-3H3,(H,23,26,27). The minimum Gasteiger partial charge on any atom is -0.308 e. The first-order valence-electron chi connectivity index (χ1n) is 8.65. The van der Waals surface area contributed by atoms with Gasteiger partial charge in [0, 0.05) is 18.9 Å². The molecule has 0 saturated heterocycles. The molecule has 0 amide bonds. The van der Waals surface area contributed by atoms with E-state index in [1.807, 2.05) is 38.1 Å². The molecule has 0 unspecified atom stereocenters. The molecule has 4 aromatic rings. The molecule has 0 bridgehead atoms. The van der Waals surface area contributed by atoms with Crippen LogP contribution in [0.15, 0.2) is 56.4 Å². The summed E-state index contributed by atoms with van der Waals surface area (Å²) < 4.78 is 3.14. The number of aryl methyl sites for hydroxylation is 3. The van der Waals surface area contributed by atoms with Crippen molar-refractivity contribution in [3.8, 4) is 0 Å². The Labute approximate surface area is 164 Å². The fourth-order valence-electron chi connectivity index (χ4n) is 2.99. The minimum atomic E-state index is -0.499. The fourth-order valence-corrected chi connectivity index (χ4v) is 3.85. The zero-order valence-corrected chi connectivity index (χ0v) is 16.4. The number of hydrogen-bond donors (Lipinski definition) is 1. The summed E-state index contributed by atoms with van der Waals surface area (Å²) in [6, 6.07) is 9.85. The van der Waals surface area contributed by atoms with E-state index in [-0.39, 0.29) is 0 Å². The molecular weight excluding hydrogens is 376 g/mol. The Morgan fingerprint density at radius 1 is 1.14 bits per heavy atom. The summed E-state index contributed by atoms with van der Waals surface area (Å²) in [5.41, 5.74) is 2.70. The molecule has 3 heterocycles. The van der Waals surface area contributed by atoms with Gasteiger partial charge in [-0.3, -0.25) is 14.3 Å². The Morgan fingerprint density at radius 2 is 1.96 bits per heavy atom. The lowest BCUT2D eigenvalue weighted by atomic mass is 10.1. The van der Waals surface area contributed by atoms with E-state index in [0.29, 0.717) is 28.0 Å². The third kappa shape index (κ3) is 3.36. The van der Waals surface area contributed by atoms with E-state index < -0.39 is 11.2 Å².